The molecule has 1 aromatic rings. The van der Waals surface area contributed by atoms with Crippen molar-refractivity contribution in [2.75, 3.05) is 37.5 Å². The van der Waals surface area contributed by atoms with Crippen LogP contribution >= 0.6 is 0 Å². The van der Waals surface area contributed by atoms with Crippen molar-refractivity contribution in [3.8, 4) is 0 Å². The summed E-state index contributed by atoms with van der Waals surface area (Å²) in [6.45, 7) is 4.44. The minimum absolute atomic E-state index is 0.192. The molecule has 0 aliphatic carbocycles. The standard InChI is InChI=1S/C23H36N4O3/c1-5-6-14-21(23(30)24-2)27(18-29)20-15-11-13-19(22(20)26(3)4)12-9-7-8-10-16-25-17-28/h5,11,13,15,17-18,21H,1,6-10,12,14,16H2,2-4H3,(H,24,30)(H,25,28). The van der Waals surface area contributed by atoms with Crippen LogP contribution in [0.25, 0.3) is 0 Å². The lowest BCUT2D eigenvalue weighted by atomic mass is 10.0. The summed E-state index contributed by atoms with van der Waals surface area (Å²) < 4.78 is 0. The van der Waals surface area contributed by atoms with E-state index in [0.29, 0.717) is 19.4 Å². The van der Waals surface area contributed by atoms with Gasteiger partial charge in [0.15, 0.2) is 0 Å². The zero-order valence-corrected chi connectivity index (χ0v) is 18.5. The number of aryl methyl sites for hydroxylation is 1. The van der Waals surface area contributed by atoms with Gasteiger partial charge >= 0.3 is 0 Å². The van der Waals surface area contributed by atoms with Crippen LogP contribution < -0.4 is 20.4 Å². The average Bonchev–Trinajstić information content (AvgIpc) is 2.75. The fraction of sp³-hybridized carbons (Fsp3) is 0.522. The topological polar surface area (TPSA) is 81.8 Å². The number of allylic oxidation sites excluding steroid dienone is 1. The fourth-order valence-electron chi connectivity index (χ4n) is 3.60. The normalized spacial score (nSPS) is 11.3. The Labute approximate surface area is 180 Å². The number of rotatable bonds is 16. The third kappa shape index (κ3) is 7.54. The highest BCUT2D eigenvalue weighted by atomic mass is 16.2. The van der Waals surface area contributed by atoms with E-state index in [1.54, 1.807) is 13.1 Å². The smallest absolute Gasteiger partial charge is 0.242 e. The maximum absolute atomic E-state index is 12.5. The SMILES string of the molecule is C=CCCC(C(=O)NC)N(C=O)c1cccc(CCCCCCNC=O)c1N(C)C. The number of benzene rings is 1. The largest absolute Gasteiger partial charge is 0.376 e. The molecule has 30 heavy (non-hydrogen) atoms. The summed E-state index contributed by atoms with van der Waals surface area (Å²) >= 11 is 0. The van der Waals surface area contributed by atoms with Crippen molar-refractivity contribution in [3.05, 3.63) is 36.4 Å². The first-order valence-corrected chi connectivity index (χ1v) is 10.5. The second-order valence-corrected chi connectivity index (χ2v) is 7.42. The molecule has 0 heterocycles. The number of likely N-dealkylation sites (N-methyl/N-ethyl adjacent to an activating group) is 1. The molecule has 0 radical (unpaired) electrons. The van der Waals surface area contributed by atoms with Gasteiger partial charge in [-0.3, -0.25) is 14.4 Å². The van der Waals surface area contributed by atoms with E-state index in [-0.39, 0.29) is 5.91 Å². The summed E-state index contributed by atoms with van der Waals surface area (Å²) in [5.41, 5.74) is 2.84. The molecule has 7 heteroatoms. The van der Waals surface area contributed by atoms with Crippen LogP contribution in [0.3, 0.4) is 0 Å². The Morgan fingerprint density at radius 1 is 1.17 bits per heavy atom. The molecule has 0 bridgehead atoms. The lowest BCUT2D eigenvalue weighted by Gasteiger charge is -2.31. The van der Waals surface area contributed by atoms with E-state index in [4.69, 9.17) is 0 Å². The molecule has 0 saturated heterocycles. The third-order valence-corrected chi connectivity index (χ3v) is 5.07. The molecular formula is C23H36N4O3. The molecular weight excluding hydrogens is 380 g/mol. The molecule has 0 aliphatic heterocycles. The van der Waals surface area contributed by atoms with Crippen LogP contribution in [0.2, 0.25) is 0 Å². The molecule has 0 aromatic heterocycles. The van der Waals surface area contributed by atoms with E-state index in [0.717, 1.165) is 61.9 Å². The van der Waals surface area contributed by atoms with Crippen LogP contribution in [0.15, 0.2) is 30.9 Å². The number of nitrogens with zero attached hydrogens (tertiary/aromatic N) is 2. The van der Waals surface area contributed by atoms with Crippen molar-refractivity contribution < 1.29 is 14.4 Å². The first-order chi connectivity index (χ1) is 14.5. The molecule has 1 unspecified atom stereocenters. The molecule has 0 spiro atoms. The second-order valence-electron chi connectivity index (χ2n) is 7.42. The summed E-state index contributed by atoms with van der Waals surface area (Å²) in [7, 11) is 5.49. The van der Waals surface area contributed by atoms with Crippen LogP contribution in [0.4, 0.5) is 11.4 Å². The second kappa shape index (κ2) is 14.2. The van der Waals surface area contributed by atoms with E-state index in [9.17, 15) is 14.4 Å². The maximum Gasteiger partial charge on any atom is 0.242 e. The van der Waals surface area contributed by atoms with Gasteiger partial charge in [-0.1, -0.05) is 31.1 Å². The molecule has 1 aromatic carbocycles. The highest BCUT2D eigenvalue weighted by Gasteiger charge is 2.27. The lowest BCUT2D eigenvalue weighted by Crippen LogP contribution is -2.46. The number of hydrogen-bond acceptors (Lipinski definition) is 4. The van der Waals surface area contributed by atoms with Gasteiger partial charge in [-0.15, -0.1) is 6.58 Å². The number of unbranched alkanes of at least 4 members (excludes halogenated alkanes) is 3. The first kappa shape index (κ1) is 25.2. The van der Waals surface area contributed by atoms with Crippen LogP contribution in [-0.2, 0) is 20.8 Å². The van der Waals surface area contributed by atoms with Gasteiger partial charge in [-0.25, -0.2) is 0 Å². The Kier molecular flexibility index (Phi) is 11.9. The fourth-order valence-corrected chi connectivity index (χ4v) is 3.60. The van der Waals surface area contributed by atoms with E-state index in [1.165, 1.54) is 4.90 Å². The number of carbonyl (C=O) groups excluding carboxylic acids is 3. The summed E-state index contributed by atoms with van der Waals surface area (Å²) in [6, 6.07) is 5.32. The zero-order chi connectivity index (χ0) is 22.4. The Bertz CT molecular complexity index is 691. The number of amides is 3. The molecule has 7 nitrogen and oxygen atoms in total. The van der Waals surface area contributed by atoms with E-state index in [2.05, 4.69) is 23.3 Å². The predicted molar refractivity (Wildman–Crippen MR) is 123 cm³/mol. The van der Waals surface area contributed by atoms with Crippen LogP contribution in [0.1, 0.15) is 44.1 Å². The van der Waals surface area contributed by atoms with Gasteiger partial charge in [0.05, 0.1) is 11.4 Å². The quantitative estimate of drug-likeness (QED) is 0.247. The monoisotopic (exact) mass is 416 g/mol. The molecule has 166 valence electrons. The van der Waals surface area contributed by atoms with Crippen molar-refractivity contribution in [1.29, 1.82) is 0 Å². The Morgan fingerprint density at radius 3 is 2.50 bits per heavy atom. The maximum atomic E-state index is 12.5. The number of anilines is 2. The van der Waals surface area contributed by atoms with Crippen molar-refractivity contribution in [2.45, 2.75) is 51.0 Å². The van der Waals surface area contributed by atoms with Crippen molar-refractivity contribution in [2.24, 2.45) is 0 Å². The highest BCUT2D eigenvalue weighted by molar-refractivity contribution is 5.95. The highest BCUT2D eigenvalue weighted by Crippen LogP contribution is 2.34. The van der Waals surface area contributed by atoms with Gasteiger partial charge in [0.25, 0.3) is 0 Å². The van der Waals surface area contributed by atoms with Gasteiger partial charge < -0.3 is 20.4 Å². The third-order valence-electron chi connectivity index (χ3n) is 5.07. The van der Waals surface area contributed by atoms with Gasteiger partial charge in [-0.05, 0) is 43.7 Å². The van der Waals surface area contributed by atoms with Crippen molar-refractivity contribution >= 4 is 30.1 Å². The van der Waals surface area contributed by atoms with Gasteiger partial charge in [0, 0.05) is 27.7 Å². The average molecular weight is 417 g/mol. The molecule has 1 rings (SSSR count). The molecule has 2 N–H and O–H groups in total. The molecule has 0 saturated carbocycles. The van der Waals surface area contributed by atoms with Crippen LogP contribution in [0, 0.1) is 0 Å². The van der Waals surface area contributed by atoms with Gasteiger partial charge in [-0.2, -0.15) is 0 Å². The molecule has 1 atom stereocenters. The lowest BCUT2D eigenvalue weighted by molar-refractivity contribution is -0.123. The van der Waals surface area contributed by atoms with E-state index in [1.807, 2.05) is 31.1 Å². The summed E-state index contributed by atoms with van der Waals surface area (Å²) in [5.74, 6) is -0.192. The minimum atomic E-state index is -0.593. The first-order valence-electron chi connectivity index (χ1n) is 10.5. The Hall–Kier alpha value is -2.83. The Morgan fingerprint density at radius 2 is 1.90 bits per heavy atom. The van der Waals surface area contributed by atoms with E-state index < -0.39 is 6.04 Å². The van der Waals surface area contributed by atoms with Gasteiger partial charge in [0.2, 0.25) is 18.7 Å². The van der Waals surface area contributed by atoms with Crippen molar-refractivity contribution in [3.63, 3.8) is 0 Å². The van der Waals surface area contributed by atoms with E-state index >= 15 is 0 Å². The summed E-state index contributed by atoms with van der Waals surface area (Å²) in [5, 5.41) is 5.35. The Balaban J connectivity index is 3.05. The number of carbonyl (C=O) groups is 3. The van der Waals surface area contributed by atoms with Crippen LogP contribution in [0.5, 0.6) is 0 Å². The molecule has 3 amide bonds. The molecule has 0 aliphatic rings. The number of hydrogen-bond donors (Lipinski definition) is 2. The number of para-hydroxylation sites is 1. The van der Waals surface area contributed by atoms with Gasteiger partial charge in [0.1, 0.15) is 6.04 Å². The molecule has 0 fully saturated rings. The summed E-state index contributed by atoms with van der Waals surface area (Å²) in [6.07, 6.45) is 9.36. The minimum Gasteiger partial charge on any atom is -0.376 e. The number of nitrogens with one attached hydrogen (secondary N) is 2. The summed E-state index contributed by atoms with van der Waals surface area (Å²) in [4.78, 5) is 38.4. The van der Waals surface area contributed by atoms with Crippen LogP contribution in [-0.4, -0.2) is 52.5 Å². The van der Waals surface area contributed by atoms with Crippen molar-refractivity contribution in [1.82, 2.24) is 10.6 Å². The predicted octanol–water partition coefficient (Wildman–Crippen LogP) is 2.65. The zero-order valence-electron chi connectivity index (χ0n) is 18.5.